The van der Waals surface area contributed by atoms with E-state index < -0.39 is 10.0 Å². The number of piperidine rings is 1. The van der Waals surface area contributed by atoms with Crippen molar-refractivity contribution in [1.82, 2.24) is 9.62 Å². The molecule has 0 aliphatic carbocycles. The number of hydrogen-bond acceptors (Lipinski definition) is 3. The minimum absolute atomic E-state index is 0.0348. The van der Waals surface area contributed by atoms with Gasteiger partial charge in [-0.15, -0.1) is 0 Å². The fourth-order valence-corrected chi connectivity index (χ4v) is 3.29. The average Bonchev–Trinajstić information content (AvgIpc) is 2.39. The van der Waals surface area contributed by atoms with Gasteiger partial charge in [0.1, 0.15) is 0 Å². The van der Waals surface area contributed by atoms with Gasteiger partial charge in [-0.3, -0.25) is 4.79 Å². The van der Waals surface area contributed by atoms with Crippen LogP contribution in [-0.4, -0.2) is 44.5 Å². The molecule has 0 aromatic heterocycles. The molecule has 0 atom stereocenters. The Hall–Kier alpha value is -0.620. The first-order valence-corrected chi connectivity index (χ1v) is 8.96. The monoisotopic (exact) mass is 290 g/mol. The van der Waals surface area contributed by atoms with Crippen LogP contribution in [-0.2, 0) is 14.8 Å². The van der Waals surface area contributed by atoms with Crippen molar-refractivity contribution in [3.63, 3.8) is 0 Å². The van der Waals surface area contributed by atoms with E-state index in [2.05, 4.69) is 19.2 Å². The Kier molecular flexibility index (Phi) is 6.26. The smallest absolute Gasteiger partial charge is 0.223 e. The maximum Gasteiger partial charge on any atom is 0.223 e. The Morgan fingerprint density at radius 2 is 1.79 bits per heavy atom. The topological polar surface area (TPSA) is 66.5 Å². The van der Waals surface area contributed by atoms with Crippen molar-refractivity contribution in [2.75, 3.05) is 25.9 Å². The molecule has 1 amide bonds. The van der Waals surface area contributed by atoms with Crippen molar-refractivity contribution in [2.24, 2.45) is 11.8 Å². The van der Waals surface area contributed by atoms with Gasteiger partial charge in [-0.1, -0.05) is 26.7 Å². The molecule has 1 N–H and O–H groups in total. The summed E-state index contributed by atoms with van der Waals surface area (Å²) in [5, 5.41) is 3.00. The molecule has 0 aromatic carbocycles. The summed E-state index contributed by atoms with van der Waals surface area (Å²) in [6.45, 7) is 5.91. The summed E-state index contributed by atoms with van der Waals surface area (Å²) in [5.41, 5.74) is 0. The molecule has 0 radical (unpaired) electrons. The Balaban J connectivity index is 2.37. The summed E-state index contributed by atoms with van der Waals surface area (Å²) in [6.07, 6.45) is 4.62. The lowest BCUT2D eigenvalue weighted by Gasteiger charge is -2.29. The van der Waals surface area contributed by atoms with Gasteiger partial charge in [-0.25, -0.2) is 12.7 Å². The van der Waals surface area contributed by atoms with Gasteiger partial charge >= 0.3 is 0 Å². The molecule has 0 bridgehead atoms. The zero-order valence-electron chi connectivity index (χ0n) is 12.2. The average molecular weight is 290 g/mol. The first-order chi connectivity index (χ1) is 8.88. The summed E-state index contributed by atoms with van der Waals surface area (Å²) in [4.78, 5) is 12.0. The quantitative estimate of drug-likeness (QED) is 0.799. The number of amides is 1. The number of nitrogens with one attached hydrogen (secondary N) is 1. The van der Waals surface area contributed by atoms with Gasteiger partial charge in [-0.2, -0.15) is 0 Å². The van der Waals surface area contributed by atoms with Gasteiger partial charge in [0.15, 0.2) is 0 Å². The molecular weight excluding hydrogens is 264 g/mol. The highest BCUT2D eigenvalue weighted by molar-refractivity contribution is 7.88. The number of sulfonamides is 1. The fourth-order valence-electron chi connectivity index (χ4n) is 2.42. The van der Waals surface area contributed by atoms with Crippen LogP contribution in [0.3, 0.4) is 0 Å². The van der Waals surface area contributed by atoms with E-state index in [0.717, 1.165) is 19.4 Å². The van der Waals surface area contributed by atoms with Gasteiger partial charge < -0.3 is 5.32 Å². The summed E-state index contributed by atoms with van der Waals surface area (Å²) >= 11 is 0. The molecule has 5 nitrogen and oxygen atoms in total. The predicted molar refractivity (Wildman–Crippen MR) is 76.2 cm³/mol. The van der Waals surface area contributed by atoms with Gasteiger partial charge in [0, 0.05) is 25.6 Å². The third-order valence-corrected chi connectivity index (χ3v) is 5.32. The zero-order chi connectivity index (χ0) is 14.5. The van der Waals surface area contributed by atoms with Crippen molar-refractivity contribution in [3.05, 3.63) is 0 Å². The zero-order valence-corrected chi connectivity index (χ0v) is 13.0. The van der Waals surface area contributed by atoms with E-state index in [1.165, 1.54) is 10.6 Å². The Bertz CT molecular complexity index is 383. The maximum atomic E-state index is 12.0. The van der Waals surface area contributed by atoms with E-state index >= 15 is 0 Å². The van der Waals surface area contributed by atoms with Crippen LogP contribution in [0.15, 0.2) is 0 Å². The molecule has 0 unspecified atom stereocenters. The van der Waals surface area contributed by atoms with Crippen molar-refractivity contribution in [1.29, 1.82) is 0 Å². The molecule has 6 heteroatoms. The van der Waals surface area contributed by atoms with E-state index in [9.17, 15) is 13.2 Å². The Labute approximate surface area is 116 Å². The lowest BCUT2D eigenvalue weighted by atomic mass is 9.96. The molecule has 1 fully saturated rings. The minimum Gasteiger partial charge on any atom is -0.356 e. The van der Waals surface area contributed by atoms with Crippen LogP contribution in [0.4, 0.5) is 0 Å². The molecule has 1 aliphatic rings. The Morgan fingerprint density at radius 3 is 2.21 bits per heavy atom. The number of rotatable bonds is 6. The molecule has 0 saturated carbocycles. The van der Waals surface area contributed by atoms with Crippen LogP contribution in [0.1, 0.15) is 39.5 Å². The van der Waals surface area contributed by atoms with Crippen molar-refractivity contribution < 1.29 is 13.2 Å². The number of hydrogen-bond donors (Lipinski definition) is 1. The highest BCUT2D eigenvalue weighted by Crippen LogP contribution is 2.19. The van der Waals surface area contributed by atoms with Gasteiger partial charge in [0.2, 0.25) is 15.9 Å². The highest BCUT2D eigenvalue weighted by Gasteiger charge is 2.28. The summed E-state index contributed by atoms with van der Waals surface area (Å²) in [6, 6.07) is 0. The van der Waals surface area contributed by atoms with Crippen LogP contribution in [0.25, 0.3) is 0 Å². The summed E-state index contributed by atoms with van der Waals surface area (Å²) < 4.78 is 24.2. The lowest BCUT2D eigenvalue weighted by Crippen LogP contribution is -2.43. The second kappa shape index (κ2) is 7.24. The van der Waals surface area contributed by atoms with E-state index in [1.54, 1.807) is 0 Å². The predicted octanol–water partition coefficient (Wildman–Crippen LogP) is 1.21. The second-order valence-electron chi connectivity index (χ2n) is 5.36. The molecule has 0 spiro atoms. The SMILES string of the molecule is CCC(CC)CNC(=O)C1CCN(S(C)(=O)=O)CC1. The van der Waals surface area contributed by atoms with Crippen LogP contribution < -0.4 is 5.32 Å². The fraction of sp³-hybridized carbons (Fsp3) is 0.923. The molecular formula is C13H26N2O3S. The summed E-state index contributed by atoms with van der Waals surface area (Å²) in [7, 11) is -3.11. The first kappa shape index (κ1) is 16.4. The number of carbonyl (C=O) groups is 1. The lowest BCUT2D eigenvalue weighted by molar-refractivity contribution is -0.126. The van der Waals surface area contributed by atoms with Crippen molar-refractivity contribution in [2.45, 2.75) is 39.5 Å². The van der Waals surface area contributed by atoms with E-state index in [4.69, 9.17) is 0 Å². The normalized spacial score (nSPS) is 18.7. The highest BCUT2D eigenvalue weighted by atomic mass is 32.2. The molecule has 1 heterocycles. The minimum atomic E-state index is -3.11. The summed E-state index contributed by atoms with van der Waals surface area (Å²) in [5.74, 6) is 0.590. The third kappa shape index (κ3) is 5.10. The van der Waals surface area contributed by atoms with Crippen LogP contribution in [0.5, 0.6) is 0 Å². The van der Waals surface area contributed by atoms with E-state index in [1.807, 2.05) is 0 Å². The molecule has 1 saturated heterocycles. The van der Waals surface area contributed by atoms with E-state index in [0.29, 0.717) is 31.8 Å². The van der Waals surface area contributed by atoms with Crippen molar-refractivity contribution >= 4 is 15.9 Å². The molecule has 19 heavy (non-hydrogen) atoms. The van der Waals surface area contributed by atoms with Crippen LogP contribution >= 0.6 is 0 Å². The molecule has 0 aromatic rings. The molecule has 1 rings (SSSR count). The Morgan fingerprint density at radius 1 is 1.26 bits per heavy atom. The number of carbonyl (C=O) groups excluding carboxylic acids is 1. The van der Waals surface area contributed by atoms with E-state index in [-0.39, 0.29) is 11.8 Å². The van der Waals surface area contributed by atoms with Crippen LogP contribution in [0.2, 0.25) is 0 Å². The third-order valence-electron chi connectivity index (χ3n) is 4.01. The van der Waals surface area contributed by atoms with Crippen molar-refractivity contribution in [3.8, 4) is 0 Å². The van der Waals surface area contributed by atoms with Gasteiger partial charge in [-0.05, 0) is 18.8 Å². The second-order valence-corrected chi connectivity index (χ2v) is 7.35. The standard InChI is InChI=1S/C13H26N2O3S/c1-4-11(5-2)10-14-13(16)12-6-8-15(9-7-12)19(3,17)18/h11-12H,4-10H2,1-3H3,(H,14,16). The number of nitrogens with zero attached hydrogens (tertiary/aromatic N) is 1. The van der Waals surface area contributed by atoms with Gasteiger partial charge in [0.05, 0.1) is 6.26 Å². The largest absolute Gasteiger partial charge is 0.356 e. The molecule has 112 valence electrons. The van der Waals surface area contributed by atoms with Crippen LogP contribution in [0, 0.1) is 11.8 Å². The first-order valence-electron chi connectivity index (χ1n) is 7.11. The maximum absolute atomic E-state index is 12.0. The molecule has 1 aliphatic heterocycles. The van der Waals surface area contributed by atoms with Gasteiger partial charge in [0.25, 0.3) is 0 Å².